The van der Waals surface area contributed by atoms with Crippen LogP contribution in [0.15, 0.2) is 102 Å². The van der Waals surface area contributed by atoms with Gasteiger partial charge in [0.1, 0.15) is 18.0 Å². The number of hydrogen-bond donors (Lipinski definition) is 1. The lowest BCUT2D eigenvalue weighted by molar-refractivity contribution is 0.102. The normalized spacial score (nSPS) is 10.9. The van der Waals surface area contributed by atoms with Crippen LogP contribution in [-0.4, -0.2) is 24.8 Å². The predicted octanol–water partition coefficient (Wildman–Crippen LogP) is 5.05. The third-order valence-electron chi connectivity index (χ3n) is 5.00. The predicted molar refractivity (Wildman–Crippen MR) is 128 cm³/mol. The summed E-state index contributed by atoms with van der Waals surface area (Å²) >= 11 is 1.57. The summed E-state index contributed by atoms with van der Waals surface area (Å²) in [6, 6.07) is 20.7. The second kappa shape index (κ2) is 9.22. The molecular weight excluding hydrogens is 434 g/mol. The van der Waals surface area contributed by atoms with Gasteiger partial charge in [-0.1, -0.05) is 23.9 Å². The van der Waals surface area contributed by atoms with Crippen molar-refractivity contribution in [1.82, 2.24) is 18.9 Å². The Morgan fingerprint density at radius 2 is 1.94 bits per heavy atom. The lowest BCUT2D eigenvalue weighted by Gasteiger charge is -2.09. The van der Waals surface area contributed by atoms with Crippen LogP contribution in [0.5, 0.6) is 5.75 Å². The summed E-state index contributed by atoms with van der Waals surface area (Å²) in [6.07, 6.45) is 7.56. The van der Waals surface area contributed by atoms with E-state index in [4.69, 9.17) is 4.74 Å². The zero-order chi connectivity index (χ0) is 22.6. The number of nitrogens with zero attached hydrogens (tertiary/aromatic N) is 4. The molecule has 7 nitrogen and oxygen atoms in total. The highest BCUT2D eigenvalue weighted by Crippen LogP contribution is 2.27. The van der Waals surface area contributed by atoms with Gasteiger partial charge in [-0.25, -0.2) is 9.97 Å². The topological polar surface area (TPSA) is 73.5 Å². The molecule has 2 aromatic carbocycles. The molecule has 0 fully saturated rings. The molecule has 0 unspecified atom stereocenters. The number of carbonyl (C=O) groups excluding carboxylic acids is 1. The van der Waals surface area contributed by atoms with Crippen molar-refractivity contribution < 1.29 is 9.53 Å². The van der Waals surface area contributed by atoms with E-state index in [1.807, 2.05) is 83.1 Å². The molecule has 3 aromatic heterocycles. The van der Waals surface area contributed by atoms with E-state index in [0.29, 0.717) is 17.9 Å². The number of pyridine rings is 1. The zero-order valence-corrected chi connectivity index (χ0v) is 18.7. The van der Waals surface area contributed by atoms with Gasteiger partial charge < -0.3 is 19.0 Å². The number of hydrogen-bond acceptors (Lipinski definition) is 5. The van der Waals surface area contributed by atoms with Crippen LogP contribution in [0.3, 0.4) is 0 Å². The number of imidazole rings is 2. The van der Waals surface area contributed by atoms with Crippen LogP contribution in [0, 0.1) is 0 Å². The van der Waals surface area contributed by atoms with Crippen molar-refractivity contribution in [2.45, 2.75) is 16.7 Å². The van der Waals surface area contributed by atoms with Crippen molar-refractivity contribution in [2.75, 3.05) is 5.32 Å². The molecule has 0 saturated heterocycles. The number of anilines is 1. The Morgan fingerprint density at radius 3 is 2.73 bits per heavy atom. The molecule has 0 radical (unpaired) electrons. The van der Waals surface area contributed by atoms with Gasteiger partial charge in [-0.05, 0) is 54.6 Å². The molecule has 5 aromatic rings. The van der Waals surface area contributed by atoms with E-state index in [1.54, 1.807) is 36.2 Å². The summed E-state index contributed by atoms with van der Waals surface area (Å²) in [5.41, 5.74) is 2.93. The van der Waals surface area contributed by atoms with Crippen LogP contribution in [0.1, 0.15) is 16.1 Å². The van der Waals surface area contributed by atoms with Crippen LogP contribution in [0.2, 0.25) is 0 Å². The molecule has 5 rings (SSSR count). The van der Waals surface area contributed by atoms with Gasteiger partial charge in [-0.3, -0.25) is 4.79 Å². The minimum absolute atomic E-state index is 0.197. The van der Waals surface area contributed by atoms with Crippen molar-refractivity contribution >= 4 is 29.0 Å². The molecule has 3 heterocycles. The second-order valence-corrected chi connectivity index (χ2v) is 8.46. The first-order valence-corrected chi connectivity index (χ1v) is 11.2. The third-order valence-corrected chi connectivity index (χ3v) is 6.08. The maximum atomic E-state index is 12.7. The number of fused-ring (bicyclic) bond motifs is 1. The van der Waals surface area contributed by atoms with Gasteiger partial charge in [0.15, 0.2) is 5.16 Å². The Hall–Kier alpha value is -4.04. The fraction of sp³-hybridized carbons (Fsp3) is 0.0800. The van der Waals surface area contributed by atoms with E-state index in [9.17, 15) is 4.79 Å². The van der Waals surface area contributed by atoms with E-state index in [-0.39, 0.29) is 5.91 Å². The Kier molecular flexibility index (Phi) is 5.82. The lowest BCUT2D eigenvalue weighted by atomic mass is 10.2. The lowest BCUT2D eigenvalue weighted by Crippen LogP contribution is -2.12. The van der Waals surface area contributed by atoms with Crippen LogP contribution in [0.4, 0.5) is 5.69 Å². The molecule has 33 heavy (non-hydrogen) atoms. The number of amides is 1. The Labute approximate surface area is 195 Å². The number of carbonyl (C=O) groups is 1. The molecule has 0 aliphatic heterocycles. The van der Waals surface area contributed by atoms with Gasteiger partial charge in [0.05, 0.1) is 5.69 Å². The highest BCUT2D eigenvalue weighted by atomic mass is 32.2. The van der Waals surface area contributed by atoms with E-state index in [1.165, 1.54) is 0 Å². The summed E-state index contributed by atoms with van der Waals surface area (Å²) in [5, 5.41) is 3.84. The summed E-state index contributed by atoms with van der Waals surface area (Å²) in [5.74, 6) is 0.416. The van der Waals surface area contributed by atoms with Gasteiger partial charge in [0.2, 0.25) is 0 Å². The maximum Gasteiger partial charge on any atom is 0.255 e. The smallest absolute Gasteiger partial charge is 0.255 e. The molecule has 164 valence electrons. The highest BCUT2D eigenvalue weighted by Gasteiger charge is 2.09. The van der Waals surface area contributed by atoms with Crippen LogP contribution in [-0.2, 0) is 13.7 Å². The van der Waals surface area contributed by atoms with Crippen molar-refractivity contribution in [3.63, 3.8) is 0 Å². The average molecular weight is 456 g/mol. The fourth-order valence-electron chi connectivity index (χ4n) is 3.31. The Balaban J connectivity index is 1.21. The fourth-order valence-corrected chi connectivity index (χ4v) is 4.11. The molecular formula is C25H21N5O2S. The second-order valence-electron chi connectivity index (χ2n) is 7.42. The molecule has 0 bridgehead atoms. The molecule has 0 aliphatic rings. The van der Waals surface area contributed by atoms with Gasteiger partial charge in [-0.15, -0.1) is 0 Å². The largest absolute Gasteiger partial charge is 0.487 e. The monoisotopic (exact) mass is 455 g/mol. The maximum absolute atomic E-state index is 12.7. The number of nitrogens with one attached hydrogen (secondary N) is 1. The molecule has 0 aliphatic carbocycles. The minimum Gasteiger partial charge on any atom is -0.487 e. The van der Waals surface area contributed by atoms with E-state index in [2.05, 4.69) is 15.3 Å². The Bertz CT molecular complexity index is 1370. The van der Waals surface area contributed by atoms with Gasteiger partial charge in [0.25, 0.3) is 5.91 Å². The first-order chi connectivity index (χ1) is 16.1. The molecule has 1 N–H and O–H groups in total. The minimum atomic E-state index is -0.197. The average Bonchev–Trinajstić information content (AvgIpc) is 3.44. The summed E-state index contributed by atoms with van der Waals surface area (Å²) in [6.45, 7) is 0.321. The van der Waals surface area contributed by atoms with Crippen molar-refractivity contribution in [3.8, 4) is 5.75 Å². The number of benzene rings is 2. The van der Waals surface area contributed by atoms with Gasteiger partial charge >= 0.3 is 0 Å². The van der Waals surface area contributed by atoms with E-state index >= 15 is 0 Å². The first-order valence-electron chi connectivity index (χ1n) is 10.4. The molecule has 0 atom stereocenters. The van der Waals surface area contributed by atoms with Crippen LogP contribution in [0.25, 0.3) is 5.65 Å². The van der Waals surface area contributed by atoms with E-state index in [0.717, 1.165) is 27.1 Å². The van der Waals surface area contributed by atoms with Gasteiger partial charge in [-0.2, -0.15) is 0 Å². The number of ether oxygens (including phenoxy) is 1. The third kappa shape index (κ3) is 4.91. The number of aromatic nitrogens is 4. The summed E-state index contributed by atoms with van der Waals surface area (Å²) < 4.78 is 9.78. The molecule has 0 spiro atoms. The number of aryl methyl sites for hydroxylation is 1. The standard InChI is InChI=1S/C25H21N5O2S/c1-29-14-12-26-25(29)33-22-10-8-19(9-11-22)28-24(31)18-5-4-6-21(15-18)32-17-20-16-30-13-3-2-7-23(30)27-20/h2-16H,17H2,1H3,(H,28,31). The van der Waals surface area contributed by atoms with E-state index < -0.39 is 0 Å². The Morgan fingerprint density at radius 1 is 1.06 bits per heavy atom. The van der Waals surface area contributed by atoms with Crippen molar-refractivity contribution in [2.24, 2.45) is 7.05 Å². The summed E-state index contributed by atoms with van der Waals surface area (Å²) in [7, 11) is 1.96. The van der Waals surface area contributed by atoms with Crippen molar-refractivity contribution in [3.05, 3.63) is 103 Å². The first kappa shape index (κ1) is 20.8. The SMILES string of the molecule is Cn1ccnc1Sc1ccc(NC(=O)c2cccc(OCc3cn4ccccc4n3)c2)cc1. The van der Waals surface area contributed by atoms with Crippen LogP contribution >= 0.6 is 11.8 Å². The molecule has 0 saturated carbocycles. The van der Waals surface area contributed by atoms with Gasteiger partial charge in [0, 0.05) is 48.0 Å². The summed E-state index contributed by atoms with van der Waals surface area (Å²) in [4.78, 5) is 22.6. The van der Waals surface area contributed by atoms with Crippen LogP contribution < -0.4 is 10.1 Å². The van der Waals surface area contributed by atoms with Crippen molar-refractivity contribution in [1.29, 1.82) is 0 Å². The number of rotatable bonds is 7. The molecule has 8 heteroatoms. The quantitative estimate of drug-likeness (QED) is 0.372. The highest BCUT2D eigenvalue weighted by molar-refractivity contribution is 7.99. The molecule has 1 amide bonds. The zero-order valence-electron chi connectivity index (χ0n) is 17.9.